The molecule has 0 aliphatic heterocycles. The molecule has 0 bridgehead atoms. The van der Waals surface area contributed by atoms with Gasteiger partial charge >= 0.3 is 0 Å². The minimum atomic E-state index is -1.27. The molecule has 1 amide bonds. The molecule has 1 aliphatic carbocycles. The van der Waals surface area contributed by atoms with E-state index in [1.54, 1.807) is 36.0 Å². The Morgan fingerprint density at radius 1 is 1.30 bits per heavy atom. The van der Waals surface area contributed by atoms with Crippen molar-refractivity contribution in [1.29, 1.82) is 0 Å². The summed E-state index contributed by atoms with van der Waals surface area (Å²) in [5.74, 6) is 2.28. The van der Waals surface area contributed by atoms with E-state index < -0.39 is 18.1 Å². The first-order valence-corrected chi connectivity index (χ1v) is 9.35. The third kappa shape index (κ3) is 6.41. The Kier molecular flexibility index (Phi) is 7.71. The monoisotopic (exact) mass is 338 g/mol. The SMILES string of the molecule is N[C@H](CSCC1CCCCC1)[C@H](O)C(=O)NOc1ccccc1. The van der Waals surface area contributed by atoms with E-state index in [2.05, 4.69) is 5.48 Å². The number of aliphatic hydroxyl groups excluding tert-OH is 1. The van der Waals surface area contributed by atoms with Gasteiger partial charge in [-0.25, -0.2) is 0 Å². The smallest absolute Gasteiger partial charge is 0.283 e. The van der Waals surface area contributed by atoms with Gasteiger partial charge in [0.15, 0.2) is 11.9 Å². The number of carbonyl (C=O) groups excluding carboxylic acids is 1. The van der Waals surface area contributed by atoms with Crippen molar-refractivity contribution in [3.8, 4) is 5.75 Å². The van der Waals surface area contributed by atoms with Crippen molar-refractivity contribution in [3.63, 3.8) is 0 Å². The number of aliphatic hydroxyl groups is 1. The van der Waals surface area contributed by atoms with Crippen LogP contribution in [0.25, 0.3) is 0 Å². The molecule has 0 saturated heterocycles. The van der Waals surface area contributed by atoms with Crippen LogP contribution in [0, 0.1) is 5.92 Å². The van der Waals surface area contributed by atoms with Crippen LogP contribution < -0.4 is 16.1 Å². The van der Waals surface area contributed by atoms with Crippen molar-refractivity contribution in [1.82, 2.24) is 5.48 Å². The molecule has 23 heavy (non-hydrogen) atoms. The lowest BCUT2D eigenvalue weighted by molar-refractivity contribution is -0.137. The molecule has 1 saturated carbocycles. The second kappa shape index (κ2) is 9.80. The number of nitrogens with two attached hydrogens (primary N) is 1. The third-order valence-corrected chi connectivity index (χ3v) is 5.40. The van der Waals surface area contributed by atoms with Gasteiger partial charge in [0, 0.05) is 11.8 Å². The maximum absolute atomic E-state index is 11.8. The molecule has 0 radical (unpaired) electrons. The summed E-state index contributed by atoms with van der Waals surface area (Å²) in [7, 11) is 0. The molecule has 128 valence electrons. The number of nitrogens with one attached hydrogen (secondary N) is 1. The minimum Gasteiger partial charge on any atom is -0.381 e. The van der Waals surface area contributed by atoms with Gasteiger partial charge in [-0.1, -0.05) is 37.5 Å². The van der Waals surface area contributed by atoms with E-state index in [1.807, 2.05) is 6.07 Å². The fourth-order valence-corrected chi connectivity index (χ4v) is 3.93. The lowest BCUT2D eigenvalue weighted by Gasteiger charge is -2.22. The van der Waals surface area contributed by atoms with Crippen molar-refractivity contribution in [2.75, 3.05) is 11.5 Å². The highest BCUT2D eigenvalue weighted by molar-refractivity contribution is 7.99. The zero-order chi connectivity index (χ0) is 16.5. The summed E-state index contributed by atoms with van der Waals surface area (Å²) < 4.78 is 0. The van der Waals surface area contributed by atoms with E-state index in [0.29, 0.717) is 11.5 Å². The van der Waals surface area contributed by atoms with Crippen LogP contribution >= 0.6 is 11.8 Å². The maximum Gasteiger partial charge on any atom is 0.283 e. The van der Waals surface area contributed by atoms with Crippen molar-refractivity contribution in [3.05, 3.63) is 30.3 Å². The molecule has 0 aromatic heterocycles. The van der Waals surface area contributed by atoms with Gasteiger partial charge in [0.25, 0.3) is 5.91 Å². The van der Waals surface area contributed by atoms with Crippen molar-refractivity contribution in [2.45, 2.75) is 44.2 Å². The normalized spacial score (nSPS) is 18.2. The highest BCUT2D eigenvalue weighted by Crippen LogP contribution is 2.26. The third-order valence-electron chi connectivity index (χ3n) is 4.08. The molecular weight excluding hydrogens is 312 g/mol. The van der Waals surface area contributed by atoms with Crippen LogP contribution in [-0.4, -0.2) is 34.7 Å². The van der Waals surface area contributed by atoms with Crippen LogP contribution in [0.3, 0.4) is 0 Å². The highest BCUT2D eigenvalue weighted by atomic mass is 32.2. The fourth-order valence-electron chi connectivity index (χ4n) is 2.67. The zero-order valence-corrected chi connectivity index (χ0v) is 14.1. The lowest BCUT2D eigenvalue weighted by atomic mass is 9.91. The summed E-state index contributed by atoms with van der Waals surface area (Å²) in [5, 5.41) is 9.97. The first-order chi connectivity index (χ1) is 11.2. The molecule has 5 nitrogen and oxygen atoms in total. The molecular formula is C17H26N2O3S. The number of para-hydroxylation sites is 1. The molecule has 1 aliphatic rings. The van der Waals surface area contributed by atoms with Gasteiger partial charge in [0.05, 0.1) is 0 Å². The Labute approximate surface area is 141 Å². The summed E-state index contributed by atoms with van der Waals surface area (Å²) in [6, 6.07) is 8.28. The second-order valence-corrected chi connectivity index (χ2v) is 7.11. The molecule has 6 heteroatoms. The number of rotatable bonds is 8. The molecule has 0 spiro atoms. The van der Waals surface area contributed by atoms with Gasteiger partial charge in [-0.2, -0.15) is 17.2 Å². The number of benzene rings is 1. The van der Waals surface area contributed by atoms with Gasteiger partial charge < -0.3 is 15.7 Å². The van der Waals surface area contributed by atoms with Crippen LogP contribution in [0.2, 0.25) is 0 Å². The first kappa shape index (κ1) is 18.1. The second-order valence-electron chi connectivity index (χ2n) is 6.03. The number of hydroxylamine groups is 1. The first-order valence-electron chi connectivity index (χ1n) is 8.20. The molecule has 1 aromatic carbocycles. The van der Waals surface area contributed by atoms with Crippen molar-refractivity contribution in [2.24, 2.45) is 11.7 Å². The summed E-state index contributed by atoms with van der Waals surface area (Å²) >= 11 is 1.72. The van der Waals surface area contributed by atoms with E-state index in [4.69, 9.17) is 10.6 Å². The predicted octanol–water partition coefficient (Wildman–Crippen LogP) is 2.10. The van der Waals surface area contributed by atoms with Gasteiger partial charge in [0.1, 0.15) is 0 Å². The fraction of sp³-hybridized carbons (Fsp3) is 0.588. The van der Waals surface area contributed by atoms with Crippen LogP contribution in [0.15, 0.2) is 30.3 Å². The number of carbonyl (C=O) groups is 1. The predicted molar refractivity (Wildman–Crippen MR) is 93.1 cm³/mol. The summed E-state index contributed by atoms with van der Waals surface area (Å²) in [6.45, 7) is 0. The van der Waals surface area contributed by atoms with E-state index in [9.17, 15) is 9.90 Å². The Balaban J connectivity index is 1.64. The molecule has 2 rings (SSSR count). The van der Waals surface area contributed by atoms with Crippen molar-refractivity contribution >= 4 is 17.7 Å². The van der Waals surface area contributed by atoms with Crippen LogP contribution in [0.1, 0.15) is 32.1 Å². The standard InChI is InChI=1S/C17H26N2O3S/c18-15(12-23-11-13-7-3-1-4-8-13)16(20)17(21)19-22-14-9-5-2-6-10-14/h2,5-6,9-10,13,15-16,20H,1,3-4,7-8,11-12,18H2,(H,19,21)/t15-,16+/m1/s1. The minimum absolute atomic E-state index is 0.508. The topological polar surface area (TPSA) is 84.6 Å². The van der Waals surface area contributed by atoms with Gasteiger partial charge in [-0.3, -0.25) is 4.79 Å². The van der Waals surface area contributed by atoms with Gasteiger partial charge in [0.2, 0.25) is 0 Å². The van der Waals surface area contributed by atoms with Crippen molar-refractivity contribution < 1.29 is 14.7 Å². The van der Waals surface area contributed by atoms with Crippen LogP contribution in [-0.2, 0) is 4.79 Å². The molecule has 1 aromatic rings. The largest absolute Gasteiger partial charge is 0.381 e. The van der Waals surface area contributed by atoms with E-state index in [0.717, 1.165) is 11.7 Å². The molecule has 0 heterocycles. The number of amides is 1. The van der Waals surface area contributed by atoms with Gasteiger partial charge in [-0.05, 0) is 36.6 Å². The molecule has 1 fully saturated rings. The summed E-state index contributed by atoms with van der Waals surface area (Å²) in [6.07, 6.45) is 5.30. The summed E-state index contributed by atoms with van der Waals surface area (Å²) in [4.78, 5) is 17.0. The van der Waals surface area contributed by atoms with E-state index in [1.165, 1.54) is 32.1 Å². The number of hydrogen-bond acceptors (Lipinski definition) is 5. The van der Waals surface area contributed by atoms with Gasteiger partial charge in [-0.15, -0.1) is 0 Å². The molecule has 4 N–H and O–H groups in total. The molecule has 2 atom stereocenters. The van der Waals surface area contributed by atoms with E-state index in [-0.39, 0.29) is 0 Å². The van der Waals surface area contributed by atoms with E-state index >= 15 is 0 Å². The maximum atomic E-state index is 11.8. The van der Waals surface area contributed by atoms with Crippen LogP contribution in [0.5, 0.6) is 5.75 Å². The Morgan fingerprint density at radius 2 is 2.00 bits per heavy atom. The lowest BCUT2D eigenvalue weighted by Crippen LogP contribution is -2.48. The Morgan fingerprint density at radius 3 is 2.70 bits per heavy atom. The quantitative estimate of drug-likeness (QED) is 0.632. The molecule has 0 unspecified atom stereocenters. The Bertz CT molecular complexity index is 466. The zero-order valence-electron chi connectivity index (χ0n) is 13.3. The summed E-state index contributed by atoms with van der Waals surface area (Å²) in [5.41, 5.74) is 8.16. The number of hydrogen-bond donors (Lipinski definition) is 3. The average molecular weight is 338 g/mol. The average Bonchev–Trinajstić information content (AvgIpc) is 2.60. The number of thioether (sulfide) groups is 1. The Hall–Kier alpha value is -1.24. The van der Waals surface area contributed by atoms with Crippen LogP contribution in [0.4, 0.5) is 0 Å². The highest BCUT2D eigenvalue weighted by Gasteiger charge is 2.24.